The second-order valence-corrected chi connectivity index (χ2v) is 7.16. The fourth-order valence-electron chi connectivity index (χ4n) is 3.26. The zero-order valence-corrected chi connectivity index (χ0v) is 16.2. The molecule has 0 atom stereocenters. The first-order valence-electron chi connectivity index (χ1n) is 9.52. The molecule has 1 saturated heterocycles. The van der Waals surface area contributed by atoms with E-state index < -0.39 is 0 Å². The van der Waals surface area contributed by atoms with Crippen LogP contribution >= 0.6 is 0 Å². The van der Waals surface area contributed by atoms with Crippen LogP contribution < -0.4 is 4.74 Å². The topological polar surface area (TPSA) is 32.8 Å². The molecule has 1 aliphatic heterocycles. The maximum Gasteiger partial charge on any atom is 0.246 e. The van der Waals surface area contributed by atoms with Crippen LogP contribution in [0.4, 0.5) is 0 Å². The maximum absolute atomic E-state index is 12.4. The highest BCUT2D eigenvalue weighted by Crippen LogP contribution is 2.17. The third-order valence-electron chi connectivity index (χ3n) is 5.13. The highest BCUT2D eigenvalue weighted by molar-refractivity contribution is 5.91. The van der Waals surface area contributed by atoms with Crippen molar-refractivity contribution in [3.05, 3.63) is 71.8 Å². The van der Waals surface area contributed by atoms with Crippen molar-refractivity contribution in [3.63, 3.8) is 0 Å². The first kappa shape index (κ1) is 19.2. The van der Waals surface area contributed by atoms with Crippen molar-refractivity contribution in [2.45, 2.75) is 25.5 Å². The van der Waals surface area contributed by atoms with E-state index in [0.29, 0.717) is 12.6 Å². The van der Waals surface area contributed by atoms with Crippen molar-refractivity contribution in [1.29, 1.82) is 0 Å². The molecule has 1 aliphatic rings. The Kier molecular flexibility index (Phi) is 6.66. The lowest BCUT2D eigenvalue weighted by Gasteiger charge is -2.34. The second kappa shape index (κ2) is 9.38. The normalized spacial score (nSPS) is 15.8. The van der Waals surface area contributed by atoms with E-state index in [0.717, 1.165) is 42.8 Å². The number of carbonyl (C=O) groups is 1. The minimum atomic E-state index is 0.0638. The van der Waals surface area contributed by atoms with Crippen molar-refractivity contribution in [3.8, 4) is 5.75 Å². The van der Waals surface area contributed by atoms with Crippen molar-refractivity contribution in [1.82, 2.24) is 9.80 Å². The van der Waals surface area contributed by atoms with Crippen molar-refractivity contribution in [2.24, 2.45) is 0 Å². The van der Waals surface area contributed by atoms with Gasteiger partial charge < -0.3 is 14.5 Å². The summed E-state index contributed by atoms with van der Waals surface area (Å²) in [4.78, 5) is 16.6. The van der Waals surface area contributed by atoms with Crippen LogP contribution in [0.3, 0.4) is 0 Å². The van der Waals surface area contributed by atoms with Gasteiger partial charge in [0.15, 0.2) is 0 Å². The van der Waals surface area contributed by atoms with E-state index in [9.17, 15) is 4.79 Å². The van der Waals surface area contributed by atoms with Crippen LogP contribution in [0.15, 0.2) is 60.7 Å². The number of carbonyl (C=O) groups excluding carboxylic acids is 1. The smallest absolute Gasteiger partial charge is 0.246 e. The van der Waals surface area contributed by atoms with E-state index in [-0.39, 0.29) is 5.91 Å². The van der Waals surface area contributed by atoms with Gasteiger partial charge in [-0.1, -0.05) is 42.5 Å². The van der Waals surface area contributed by atoms with Gasteiger partial charge in [0.1, 0.15) is 12.4 Å². The zero-order valence-electron chi connectivity index (χ0n) is 16.2. The molecule has 0 aliphatic carbocycles. The first-order valence-corrected chi connectivity index (χ1v) is 9.52. The maximum atomic E-state index is 12.4. The predicted octanol–water partition coefficient (Wildman–Crippen LogP) is 3.83. The Bertz CT molecular complexity index is 748. The van der Waals surface area contributed by atoms with E-state index in [1.807, 2.05) is 72.6 Å². The molecule has 0 N–H and O–H groups in total. The number of rotatable bonds is 6. The lowest BCUT2D eigenvalue weighted by molar-refractivity contribution is -0.127. The minimum Gasteiger partial charge on any atom is -0.489 e. The molecule has 4 heteroatoms. The summed E-state index contributed by atoms with van der Waals surface area (Å²) in [5.41, 5.74) is 2.14. The molecule has 3 rings (SSSR count). The van der Waals surface area contributed by atoms with Crippen LogP contribution in [0.25, 0.3) is 6.08 Å². The number of nitrogens with zero attached hydrogens (tertiary/aromatic N) is 2. The van der Waals surface area contributed by atoms with Gasteiger partial charge >= 0.3 is 0 Å². The molecule has 1 heterocycles. The van der Waals surface area contributed by atoms with Gasteiger partial charge in [-0.15, -0.1) is 0 Å². The van der Waals surface area contributed by atoms with Crippen LogP contribution in [0.2, 0.25) is 0 Å². The lowest BCUT2D eigenvalue weighted by Crippen LogP contribution is -2.43. The number of piperidine rings is 1. The number of hydrogen-bond acceptors (Lipinski definition) is 3. The largest absolute Gasteiger partial charge is 0.489 e. The molecule has 142 valence electrons. The van der Waals surface area contributed by atoms with Gasteiger partial charge in [0.2, 0.25) is 5.91 Å². The van der Waals surface area contributed by atoms with E-state index >= 15 is 0 Å². The van der Waals surface area contributed by atoms with Crippen molar-refractivity contribution in [2.75, 3.05) is 27.2 Å². The molecule has 1 amide bonds. The highest BCUT2D eigenvalue weighted by atomic mass is 16.5. The van der Waals surface area contributed by atoms with E-state index in [1.54, 1.807) is 6.08 Å². The quantitative estimate of drug-likeness (QED) is 0.730. The molecule has 4 nitrogen and oxygen atoms in total. The summed E-state index contributed by atoms with van der Waals surface area (Å²) in [5.74, 6) is 0.889. The van der Waals surface area contributed by atoms with E-state index in [2.05, 4.69) is 11.9 Å². The summed E-state index contributed by atoms with van der Waals surface area (Å²) in [5, 5.41) is 0. The average Bonchev–Trinajstić information content (AvgIpc) is 2.72. The molecule has 2 aromatic rings. The van der Waals surface area contributed by atoms with Gasteiger partial charge in [0.25, 0.3) is 0 Å². The fraction of sp³-hybridized carbons (Fsp3) is 0.348. The summed E-state index contributed by atoms with van der Waals surface area (Å²) >= 11 is 0. The van der Waals surface area contributed by atoms with Crippen LogP contribution in [0, 0.1) is 0 Å². The van der Waals surface area contributed by atoms with Crippen LogP contribution in [-0.2, 0) is 11.4 Å². The Balaban J connectivity index is 1.50. The van der Waals surface area contributed by atoms with Crippen LogP contribution in [0.5, 0.6) is 5.75 Å². The second-order valence-electron chi connectivity index (χ2n) is 7.16. The van der Waals surface area contributed by atoms with Gasteiger partial charge in [0.05, 0.1) is 0 Å². The summed E-state index contributed by atoms with van der Waals surface area (Å²) in [7, 11) is 4.04. The molecular formula is C23H28N2O2. The van der Waals surface area contributed by atoms with Crippen LogP contribution in [0.1, 0.15) is 24.0 Å². The molecular weight excluding hydrogens is 336 g/mol. The Morgan fingerprint density at radius 1 is 1.11 bits per heavy atom. The summed E-state index contributed by atoms with van der Waals surface area (Å²) in [6.45, 7) is 2.66. The number of benzene rings is 2. The van der Waals surface area contributed by atoms with Gasteiger partial charge in [-0.3, -0.25) is 4.79 Å². The molecule has 0 bridgehead atoms. The van der Waals surface area contributed by atoms with Crippen molar-refractivity contribution >= 4 is 12.0 Å². The van der Waals surface area contributed by atoms with Gasteiger partial charge in [-0.05, 0) is 62.3 Å². The molecule has 0 spiro atoms. The van der Waals surface area contributed by atoms with Crippen LogP contribution in [-0.4, -0.2) is 48.9 Å². The third-order valence-corrected chi connectivity index (χ3v) is 5.13. The molecule has 0 aromatic heterocycles. The summed E-state index contributed by atoms with van der Waals surface area (Å²) in [6, 6.07) is 18.3. The Morgan fingerprint density at radius 2 is 1.78 bits per heavy atom. The minimum absolute atomic E-state index is 0.0638. The summed E-state index contributed by atoms with van der Waals surface area (Å²) in [6.07, 6.45) is 5.62. The van der Waals surface area contributed by atoms with E-state index in [4.69, 9.17) is 4.74 Å². The Hall–Kier alpha value is -2.59. The summed E-state index contributed by atoms with van der Waals surface area (Å²) < 4.78 is 5.80. The third kappa shape index (κ3) is 5.69. The Labute approximate surface area is 162 Å². The Morgan fingerprint density at radius 3 is 2.44 bits per heavy atom. The van der Waals surface area contributed by atoms with E-state index in [1.165, 1.54) is 0 Å². The number of ether oxygens (including phenoxy) is 1. The number of amides is 1. The molecule has 2 aromatic carbocycles. The SMILES string of the molecule is CN1CCC(N(C)C(=O)/C=C/c2ccc(OCc3ccccc3)cc2)CC1. The standard InChI is InChI=1S/C23H28N2O2/c1-24-16-14-21(15-17-24)25(2)23(26)13-10-19-8-11-22(12-9-19)27-18-20-6-4-3-5-7-20/h3-13,21H,14-18H2,1-2H3/b13-10+. The molecule has 0 saturated carbocycles. The predicted molar refractivity (Wildman–Crippen MR) is 110 cm³/mol. The first-order chi connectivity index (χ1) is 13.1. The molecule has 0 unspecified atom stereocenters. The van der Waals surface area contributed by atoms with Gasteiger partial charge in [0, 0.05) is 19.2 Å². The van der Waals surface area contributed by atoms with Gasteiger partial charge in [-0.2, -0.15) is 0 Å². The number of likely N-dealkylation sites (N-methyl/N-ethyl adjacent to an activating group) is 1. The molecule has 1 fully saturated rings. The monoisotopic (exact) mass is 364 g/mol. The van der Waals surface area contributed by atoms with Gasteiger partial charge in [-0.25, -0.2) is 0 Å². The molecule has 0 radical (unpaired) electrons. The lowest BCUT2D eigenvalue weighted by atomic mass is 10.0. The average molecular weight is 364 g/mol. The van der Waals surface area contributed by atoms with Crippen molar-refractivity contribution < 1.29 is 9.53 Å². The highest BCUT2D eigenvalue weighted by Gasteiger charge is 2.22. The number of likely N-dealkylation sites (tertiary alicyclic amines) is 1. The molecule has 27 heavy (non-hydrogen) atoms. The number of hydrogen-bond donors (Lipinski definition) is 0. The zero-order chi connectivity index (χ0) is 19.1. The fourth-order valence-corrected chi connectivity index (χ4v) is 3.26.